The highest BCUT2D eigenvalue weighted by Crippen LogP contribution is 2.12. The van der Waals surface area contributed by atoms with E-state index < -0.39 is 0 Å². The predicted molar refractivity (Wildman–Crippen MR) is 65.9 cm³/mol. The number of thiazole rings is 1. The van der Waals surface area contributed by atoms with Crippen molar-refractivity contribution in [3.63, 3.8) is 0 Å². The Morgan fingerprint density at radius 1 is 1.41 bits per heavy atom. The van der Waals surface area contributed by atoms with E-state index in [-0.39, 0.29) is 0 Å². The lowest BCUT2D eigenvalue weighted by atomic mass is 10.6. The molecule has 0 bridgehead atoms. The SMILES string of the molecule is Cc1csc(CNc2nnc(CN(C)C)o2)n1. The van der Waals surface area contributed by atoms with Crippen LogP contribution < -0.4 is 5.32 Å². The van der Waals surface area contributed by atoms with Crippen molar-refractivity contribution in [1.82, 2.24) is 20.1 Å². The minimum atomic E-state index is 0.440. The van der Waals surface area contributed by atoms with Crippen molar-refractivity contribution in [3.8, 4) is 0 Å². The minimum Gasteiger partial charge on any atom is -0.407 e. The summed E-state index contributed by atoms with van der Waals surface area (Å²) in [5.41, 5.74) is 1.03. The van der Waals surface area contributed by atoms with E-state index in [4.69, 9.17) is 4.42 Å². The summed E-state index contributed by atoms with van der Waals surface area (Å²) >= 11 is 1.61. The molecule has 1 N–H and O–H groups in total. The molecule has 2 aromatic rings. The van der Waals surface area contributed by atoms with Gasteiger partial charge in [0, 0.05) is 11.1 Å². The number of nitrogens with one attached hydrogen (secondary N) is 1. The van der Waals surface area contributed by atoms with Gasteiger partial charge in [0.05, 0.1) is 13.1 Å². The maximum Gasteiger partial charge on any atom is 0.315 e. The van der Waals surface area contributed by atoms with Crippen LogP contribution in [0.25, 0.3) is 0 Å². The summed E-state index contributed by atoms with van der Waals surface area (Å²) in [6.07, 6.45) is 0. The first-order valence-corrected chi connectivity index (χ1v) is 6.13. The molecule has 0 aliphatic heterocycles. The van der Waals surface area contributed by atoms with Gasteiger partial charge in [0.25, 0.3) is 0 Å². The Hall–Kier alpha value is -1.47. The molecule has 0 aromatic carbocycles. The largest absolute Gasteiger partial charge is 0.407 e. The molecule has 2 heterocycles. The van der Waals surface area contributed by atoms with Gasteiger partial charge < -0.3 is 14.6 Å². The fourth-order valence-electron chi connectivity index (χ4n) is 1.29. The van der Waals surface area contributed by atoms with Gasteiger partial charge >= 0.3 is 6.01 Å². The van der Waals surface area contributed by atoms with Gasteiger partial charge in [0.15, 0.2) is 0 Å². The van der Waals surface area contributed by atoms with E-state index in [0.717, 1.165) is 10.7 Å². The predicted octanol–water partition coefficient (Wildman–Crippen LogP) is 1.51. The third-order valence-electron chi connectivity index (χ3n) is 1.98. The first-order chi connectivity index (χ1) is 8.13. The molecule has 2 aromatic heterocycles. The summed E-state index contributed by atoms with van der Waals surface area (Å²) in [6.45, 7) is 3.23. The zero-order chi connectivity index (χ0) is 12.3. The quantitative estimate of drug-likeness (QED) is 0.871. The molecule has 0 aliphatic carbocycles. The van der Waals surface area contributed by atoms with Crippen LogP contribution in [0.1, 0.15) is 16.6 Å². The summed E-state index contributed by atoms with van der Waals surface area (Å²) in [7, 11) is 3.91. The molecule has 0 radical (unpaired) electrons. The van der Waals surface area contributed by atoms with E-state index in [1.807, 2.05) is 31.3 Å². The number of hydrogen-bond donors (Lipinski definition) is 1. The standard InChI is InChI=1S/C10H15N5OS/c1-7-6-17-9(12-7)4-11-10-14-13-8(16-10)5-15(2)3/h6H,4-5H2,1-3H3,(H,11,14). The van der Waals surface area contributed by atoms with Crippen LogP contribution in [-0.2, 0) is 13.1 Å². The molecule has 0 atom stereocenters. The summed E-state index contributed by atoms with van der Waals surface area (Å²) in [4.78, 5) is 6.31. The second-order valence-corrected chi connectivity index (χ2v) is 4.92. The molecule has 6 nitrogen and oxygen atoms in total. The zero-order valence-electron chi connectivity index (χ0n) is 10.1. The van der Waals surface area contributed by atoms with E-state index in [9.17, 15) is 0 Å². The highest BCUT2D eigenvalue weighted by Gasteiger charge is 2.07. The monoisotopic (exact) mass is 253 g/mol. The lowest BCUT2D eigenvalue weighted by Gasteiger charge is -2.03. The molecular weight excluding hydrogens is 238 g/mol. The second kappa shape index (κ2) is 5.24. The average Bonchev–Trinajstić information content (AvgIpc) is 2.84. The summed E-state index contributed by atoms with van der Waals surface area (Å²) in [5, 5.41) is 13.9. The number of aryl methyl sites for hydroxylation is 1. The number of anilines is 1. The van der Waals surface area contributed by atoms with Crippen LogP contribution in [0.15, 0.2) is 9.80 Å². The fourth-order valence-corrected chi connectivity index (χ4v) is 2.01. The Labute approximate surface area is 104 Å². The van der Waals surface area contributed by atoms with Gasteiger partial charge in [-0.3, -0.25) is 0 Å². The Morgan fingerprint density at radius 2 is 2.24 bits per heavy atom. The number of aromatic nitrogens is 3. The molecule has 0 spiro atoms. The number of nitrogens with zero attached hydrogens (tertiary/aromatic N) is 4. The van der Waals surface area contributed by atoms with Gasteiger partial charge in [-0.25, -0.2) is 4.98 Å². The van der Waals surface area contributed by atoms with Crippen molar-refractivity contribution >= 4 is 17.4 Å². The van der Waals surface area contributed by atoms with Crippen molar-refractivity contribution in [2.45, 2.75) is 20.0 Å². The molecule has 2 rings (SSSR count). The molecule has 0 fully saturated rings. The smallest absolute Gasteiger partial charge is 0.315 e. The lowest BCUT2D eigenvalue weighted by Crippen LogP contribution is -2.10. The van der Waals surface area contributed by atoms with Crippen LogP contribution in [0.3, 0.4) is 0 Å². The molecule has 17 heavy (non-hydrogen) atoms. The summed E-state index contributed by atoms with van der Waals surface area (Å²) < 4.78 is 5.42. The topological polar surface area (TPSA) is 67.1 Å². The van der Waals surface area contributed by atoms with E-state index in [1.165, 1.54) is 0 Å². The first-order valence-electron chi connectivity index (χ1n) is 5.25. The molecule has 0 unspecified atom stereocenters. The van der Waals surface area contributed by atoms with Gasteiger partial charge in [-0.05, 0) is 21.0 Å². The van der Waals surface area contributed by atoms with Crippen LogP contribution in [0.5, 0.6) is 0 Å². The Morgan fingerprint density at radius 3 is 2.88 bits per heavy atom. The first kappa shape index (κ1) is 12.0. The zero-order valence-corrected chi connectivity index (χ0v) is 10.9. The molecule has 92 valence electrons. The number of rotatable bonds is 5. The second-order valence-electron chi connectivity index (χ2n) is 3.97. The van der Waals surface area contributed by atoms with Crippen molar-refractivity contribution in [1.29, 1.82) is 0 Å². The molecule has 0 saturated carbocycles. The van der Waals surface area contributed by atoms with Crippen LogP contribution in [-0.4, -0.2) is 34.2 Å². The van der Waals surface area contributed by atoms with Gasteiger partial charge in [0.2, 0.25) is 5.89 Å². The highest BCUT2D eigenvalue weighted by molar-refractivity contribution is 7.09. The lowest BCUT2D eigenvalue weighted by molar-refractivity contribution is 0.344. The molecular formula is C10H15N5OS. The molecule has 0 aliphatic rings. The van der Waals surface area contributed by atoms with E-state index in [2.05, 4.69) is 20.5 Å². The summed E-state index contributed by atoms with van der Waals surface area (Å²) in [6, 6.07) is 0.440. The van der Waals surface area contributed by atoms with Gasteiger partial charge in [-0.2, -0.15) is 0 Å². The van der Waals surface area contributed by atoms with Crippen LogP contribution in [0, 0.1) is 6.92 Å². The number of hydrogen-bond acceptors (Lipinski definition) is 7. The van der Waals surface area contributed by atoms with Gasteiger partial charge in [0.1, 0.15) is 5.01 Å². The maximum atomic E-state index is 5.42. The molecule has 0 amide bonds. The average molecular weight is 253 g/mol. The third-order valence-corrected chi connectivity index (χ3v) is 2.94. The molecule has 0 saturated heterocycles. The van der Waals surface area contributed by atoms with Gasteiger partial charge in [-0.1, -0.05) is 5.10 Å². The molecule has 7 heteroatoms. The fraction of sp³-hybridized carbons (Fsp3) is 0.500. The van der Waals surface area contributed by atoms with E-state index in [1.54, 1.807) is 11.3 Å². The van der Waals surface area contributed by atoms with Crippen molar-refractivity contribution in [2.75, 3.05) is 19.4 Å². The van der Waals surface area contributed by atoms with Crippen LogP contribution in [0.2, 0.25) is 0 Å². The normalized spacial score (nSPS) is 11.1. The van der Waals surface area contributed by atoms with Gasteiger partial charge in [-0.15, -0.1) is 16.4 Å². The van der Waals surface area contributed by atoms with Crippen LogP contribution in [0.4, 0.5) is 6.01 Å². The van der Waals surface area contributed by atoms with Crippen LogP contribution >= 0.6 is 11.3 Å². The highest BCUT2D eigenvalue weighted by atomic mass is 32.1. The Balaban J connectivity index is 1.89. The van der Waals surface area contributed by atoms with Crippen molar-refractivity contribution in [3.05, 3.63) is 22.0 Å². The Bertz CT molecular complexity index is 479. The van der Waals surface area contributed by atoms with Crippen molar-refractivity contribution < 1.29 is 4.42 Å². The summed E-state index contributed by atoms with van der Waals surface area (Å²) in [5.74, 6) is 0.604. The van der Waals surface area contributed by atoms with E-state index >= 15 is 0 Å². The van der Waals surface area contributed by atoms with E-state index in [0.29, 0.717) is 25.0 Å². The third kappa shape index (κ3) is 3.50. The Kier molecular flexibility index (Phi) is 3.70. The van der Waals surface area contributed by atoms with Crippen molar-refractivity contribution in [2.24, 2.45) is 0 Å². The maximum absolute atomic E-state index is 5.42. The minimum absolute atomic E-state index is 0.440.